The topological polar surface area (TPSA) is 73.3 Å². The number of amides is 1. The van der Waals surface area contributed by atoms with Crippen LogP contribution in [0.3, 0.4) is 0 Å². The second kappa shape index (κ2) is 8.24. The van der Waals surface area contributed by atoms with Gasteiger partial charge in [0.15, 0.2) is 16.6 Å². The summed E-state index contributed by atoms with van der Waals surface area (Å²) >= 11 is 1.31. The molecule has 1 aliphatic rings. The standard InChI is InChI=1S/C26H16FN3O3S/c27-17-8-5-15(6-9-17)22-13-34-26(29-22)30-25(31)19-12-21(28-20-4-2-1-3-18(19)20)16-7-10-23-24(11-16)33-14-32-23/h1-13H,14H2,(H,29,30,31). The van der Waals surface area contributed by atoms with E-state index in [1.807, 2.05) is 47.8 Å². The van der Waals surface area contributed by atoms with Gasteiger partial charge in [-0.15, -0.1) is 11.3 Å². The summed E-state index contributed by atoms with van der Waals surface area (Å²) in [6, 6.07) is 20.9. The van der Waals surface area contributed by atoms with Gasteiger partial charge >= 0.3 is 0 Å². The van der Waals surface area contributed by atoms with Gasteiger partial charge in [-0.3, -0.25) is 10.1 Å². The largest absolute Gasteiger partial charge is 0.454 e. The minimum Gasteiger partial charge on any atom is -0.454 e. The number of nitrogens with zero attached hydrogens (tertiary/aromatic N) is 2. The zero-order valence-electron chi connectivity index (χ0n) is 17.6. The monoisotopic (exact) mass is 469 g/mol. The van der Waals surface area contributed by atoms with E-state index in [2.05, 4.69) is 10.3 Å². The van der Waals surface area contributed by atoms with Gasteiger partial charge in [0.05, 0.1) is 22.5 Å². The van der Waals surface area contributed by atoms with Crippen LogP contribution >= 0.6 is 11.3 Å². The first kappa shape index (κ1) is 20.3. The molecule has 0 unspecified atom stereocenters. The first-order valence-electron chi connectivity index (χ1n) is 10.5. The van der Waals surface area contributed by atoms with Gasteiger partial charge in [-0.2, -0.15) is 0 Å². The number of carbonyl (C=O) groups excluding carboxylic acids is 1. The van der Waals surface area contributed by atoms with Crippen LogP contribution in [0.25, 0.3) is 33.4 Å². The number of nitrogens with one attached hydrogen (secondary N) is 1. The van der Waals surface area contributed by atoms with Gasteiger partial charge in [0.1, 0.15) is 5.82 Å². The highest BCUT2D eigenvalue weighted by molar-refractivity contribution is 7.14. The molecule has 0 radical (unpaired) electrons. The van der Waals surface area contributed by atoms with E-state index in [4.69, 9.17) is 14.5 Å². The third kappa shape index (κ3) is 3.74. The van der Waals surface area contributed by atoms with Crippen molar-refractivity contribution in [3.05, 3.63) is 89.6 Å². The maximum absolute atomic E-state index is 13.3. The fraction of sp³-hybridized carbons (Fsp3) is 0.0385. The van der Waals surface area contributed by atoms with E-state index in [9.17, 15) is 9.18 Å². The normalized spacial score (nSPS) is 12.1. The van der Waals surface area contributed by atoms with Gasteiger partial charge in [0.2, 0.25) is 6.79 Å². The molecule has 1 N–H and O–H groups in total. The molecule has 0 fully saturated rings. The molecule has 166 valence electrons. The summed E-state index contributed by atoms with van der Waals surface area (Å²) in [5.74, 6) is 0.730. The Balaban J connectivity index is 1.35. The molecule has 6 nitrogen and oxygen atoms in total. The highest BCUT2D eigenvalue weighted by Gasteiger charge is 2.18. The molecule has 6 rings (SSSR count). The molecule has 3 heterocycles. The van der Waals surface area contributed by atoms with Gasteiger partial charge in [0, 0.05) is 21.9 Å². The van der Waals surface area contributed by atoms with Gasteiger partial charge < -0.3 is 9.47 Å². The van der Waals surface area contributed by atoms with Crippen molar-refractivity contribution in [2.75, 3.05) is 12.1 Å². The number of carbonyl (C=O) groups is 1. The predicted octanol–water partition coefficient (Wildman–Crippen LogP) is 6.15. The van der Waals surface area contributed by atoms with Crippen LogP contribution in [-0.4, -0.2) is 22.7 Å². The van der Waals surface area contributed by atoms with Gasteiger partial charge in [-0.1, -0.05) is 18.2 Å². The van der Waals surface area contributed by atoms with Crippen LogP contribution in [0.4, 0.5) is 9.52 Å². The number of pyridine rings is 1. The third-order valence-corrected chi connectivity index (χ3v) is 6.25. The lowest BCUT2D eigenvalue weighted by Crippen LogP contribution is -2.13. The summed E-state index contributed by atoms with van der Waals surface area (Å²) < 4.78 is 24.1. The van der Waals surface area contributed by atoms with E-state index >= 15 is 0 Å². The Labute approximate surface area is 197 Å². The Hall–Kier alpha value is -4.30. The van der Waals surface area contributed by atoms with Crippen molar-refractivity contribution in [3.63, 3.8) is 0 Å². The number of para-hydroxylation sites is 1. The number of halogens is 1. The zero-order valence-corrected chi connectivity index (χ0v) is 18.4. The summed E-state index contributed by atoms with van der Waals surface area (Å²) in [6.07, 6.45) is 0. The smallest absolute Gasteiger partial charge is 0.258 e. The van der Waals surface area contributed by atoms with Crippen molar-refractivity contribution in [1.82, 2.24) is 9.97 Å². The molecule has 5 aromatic rings. The maximum atomic E-state index is 13.3. The number of hydrogen-bond donors (Lipinski definition) is 1. The summed E-state index contributed by atoms with van der Waals surface area (Å²) in [6.45, 7) is 0.186. The molecule has 0 saturated carbocycles. The molecule has 1 amide bonds. The third-order valence-electron chi connectivity index (χ3n) is 5.49. The summed E-state index contributed by atoms with van der Waals surface area (Å²) in [5.41, 5.74) is 4.09. The lowest BCUT2D eigenvalue weighted by molar-refractivity contribution is 0.102. The van der Waals surface area contributed by atoms with E-state index in [0.29, 0.717) is 39.1 Å². The van der Waals surface area contributed by atoms with Crippen LogP contribution in [0.2, 0.25) is 0 Å². The molecule has 3 aromatic carbocycles. The Morgan fingerprint density at radius 3 is 2.56 bits per heavy atom. The molecule has 0 saturated heterocycles. The van der Waals surface area contributed by atoms with Crippen molar-refractivity contribution >= 4 is 33.3 Å². The highest BCUT2D eigenvalue weighted by Crippen LogP contribution is 2.36. The van der Waals surface area contributed by atoms with Gasteiger partial charge in [0.25, 0.3) is 5.91 Å². The van der Waals surface area contributed by atoms with Gasteiger partial charge in [-0.05, 0) is 54.6 Å². The molecule has 0 bridgehead atoms. The second-order valence-electron chi connectivity index (χ2n) is 7.64. The summed E-state index contributed by atoms with van der Waals surface area (Å²) in [4.78, 5) is 22.6. The number of ether oxygens (including phenoxy) is 2. The highest BCUT2D eigenvalue weighted by atomic mass is 32.1. The molecule has 0 atom stereocenters. The van der Waals surface area contributed by atoms with Crippen molar-refractivity contribution in [1.29, 1.82) is 0 Å². The second-order valence-corrected chi connectivity index (χ2v) is 8.50. The minimum absolute atomic E-state index is 0.186. The fourth-order valence-electron chi connectivity index (χ4n) is 3.82. The molecule has 8 heteroatoms. The number of rotatable bonds is 4. The molecular weight excluding hydrogens is 453 g/mol. The molecule has 0 spiro atoms. The summed E-state index contributed by atoms with van der Waals surface area (Å²) in [7, 11) is 0. The number of thiazole rings is 1. The number of anilines is 1. The molecule has 34 heavy (non-hydrogen) atoms. The van der Waals surface area contributed by atoms with E-state index in [1.165, 1.54) is 23.5 Å². The number of benzene rings is 3. The SMILES string of the molecule is O=C(Nc1nc(-c2ccc(F)cc2)cs1)c1cc(-c2ccc3c(c2)OCO3)nc2ccccc12. The van der Waals surface area contributed by atoms with Crippen molar-refractivity contribution in [2.45, 2.75) is 0 Å². The lowest BCUT2D eigenvalue weighted by atomic mass is 10.0. The van der Waals surface area contributed by atoms with Crippen LogP contribution < -0.4 is 14.8 Å². The number of hydrogen-bond acceptors (Lipinski definition) is 6. The first-order valence-corrected chi connectivity index (χ1v) is 11.3. The fourth-order valence-corrected chi connectivity index (χ4v) is 4.53. The summed E-state index contributed by atoms with van der Waals surface area (Å²) in [5, 5.41) is 5.91. The van der Waals surface area contributed by atoms with Crippen LogP contribution in [0.1, 0.15) is 10.4 Å². The average molecular weight is 469 g/mol. The Morgan fingerprint density at radius 1 is 0.882 bits per heavy atom. The predicted molar refractivity (Wildman–Crippen MR) is 129 cm³/mol. The zero-order chi connectivity index (χ0) is 23.1. The van der Waals surface area contributed by atoms with Crippen LogP contribution in [0.5, 0.6) is 11.5 Å². The van der Waals surface area contributed by atoms with Crippen LogP contribution in [0, 0.1) is 5.82 Å². The van der Waals surface area contributed by atoms with Gasteiger partial charge in [-0.25, -0.2) is 14.4 Å². The van der Waals surface area contributed by atoms with Crippen molar-refractivity contribution in [2.24, 2.45) is 0 Å². The average Bonchev–Trinajstić information content (AvgIpc) is 3.53. The van der Waals surface area contributed by atoms with Crippen molar-refractivity contribution < 1.29 is 18.7 Å². The van der Waals surface area contributed by atoms with Crippen LogP contribution in [-0.2, 0) is 0 Å². The van der Waals surface area contributed by atoms with Crippen LogP contribution in [0.15, 0.2) is 78.2 Å². The molecule has 2 aromatic heterocycles. The molecule has 1 aliphatic heterocycles. The van der Waals surface area contributed by atoms with E-state index < -0.39 is 0 Å². The minimum atomic E-state index is -0.310. The van der Waals surface area contributed by atoms with E-state index in [0.717, 1.165) is 16.5 Å². The maximum Gasteiger partial charge on any atom is 0.258 e. The molecular formula is C26H16FN3O3S. The first-order chi connectivity index (χ1) is 16.6. The number of aromatic nitrogens is 2. The van der Waals surface area contributed by atoms with Crippen molar-refractivity contribution in [3.8, 4) is 34.0 Å². The quantitative estimate of drug-likeness (QED) is 0.342. The van der Waals surface area contributed by atoms with E-state index in [1.54, 1.807) is 18.2 Å². The Bertz CT molecular complexity index is 1550. The number of fused-ring (bicyclic) bond motifs is 2. The Kier molecular flexibility index (Phi) is 4.92. The lowest BCUT2D eigenvalue weighted by Gasteiger charge is -2.10. The van der Waals surface area contributed by atoms with E-state index in [-0.39, 0.29) is 18.5 Å². The Morgan fingerprint density at radius 2 is 1.68 bits per heavy atom. The molecule has 0 aliphatic carbocycles.